The fourth-order valence-electron chi connectivity index (χ4n) is 4.27. The van der Waals surface area contributed by atoms with Gasteiger partial charge in [0.2, 0.25) is 0 Å². The fraction of sp³-hybridized carbons (Fsp3) is 0.846. The number of aliphatic imine (C=N–C) groups is 1. The molecular formula is C13H20N2O2. The molecule has 3 aliphatic rings. The number of hydrogen-bond acceptors (Lipinski definition) is 3. The van der Waals surface area contributed by atoms with Crippen LogP contribution in [0.25, 0.3) is 0 Å². The minimum absolute atomic E-state index is 0.0166. The average Bonchev–Trinajstić information content (AvgIpc) is 2.31. The number of aliphatic hydroxyl groups excluding tert-OH is 1. The van der Waals surface area contributed by atoms with Gasteiger partial charge in [-0.2, -0.15) is 0 Å². The Labute approximate surface area is 101 Å². The SMILES string of the molecule is CC1C(O)CC2C(N)=NC(=O)C3CCCC1C32. The lowest BCUT2D eigenvalue weighted by Crippen LogP contribution is -2.54. The van der Waals surface area contributed by atoms with Crippen molar-refractivity contribution in [1.29, 1.82) is 0 Å². The van der Waals surface area contributed by atoms with Gasteiger partial charge in [0.25, 0.3) is 5.91 Å². The Bertz CT molecular complexity index is 380. The van der Waals surface area contributed by atoms with Crippen molar-refractivity contribution >= 4 is 11.7 Å². The molecule has 2 saturated carbocycles. The Morgan fingerprint density at radius 2 is 2.12 bits per heavy atom. The van der Waals surface area contributed by atoms with Crippen molar-refractivity contribution in [2.45, 2.75) is 38.7 Å². The van der Waals surface area contributed by atoms with Crippen LogP contribution in [0, 0.1) is 29.6 Å². The predicted octanol–water partition coefficient (Wildman–Crippen LogP) is 0.933. The topological polar surface area (TPSA) is 75.7 Å². The number of hydrogen-bond donors (Lipinski definition) is 2. The highest BCUT2D eigenvalue weighted by Crippen LogP contribution is 2.51. The van der Waals surface area contributed by atoms with E-state index in [1.165, 1.54) is 0 Å². The summed E-state index contributed by atoms with van der Waals surface area (Å²) in [5, 5.41) is 10.1. The summed E-state index contributed by atoms with van der Waals surface area (Å²) in [7, 11) is 0. The summed E-state index contributed by atoms with van der Waals surface area (Å²) in [5.74, 6) is 1.73. The molecule has 94 valence electrons. The van der Waals surface area contributed by atoms with Crippen LogP contribution in [-0.4, -0.2) is 23.0 Å². The van der Waals surface area contributed by atoms with Crippen LogP contribution >= 0.6 is 0 Å². The number of amidine groups is 1. The second-order valence-corrected chi connectivity index (χ2v) is 5.92. The van der Waals surface area contributed by atoms with E-state index in [-0.39, 0.29) is 29.8 Å². The maximum absolute atomic E-state index is 11.9. The average molecular weight is 236 g/mol. The molecule has 3 N–H and O–H groups in total. The first-order valence-electron chi connectivity index (χ1n) is 6.65. The van der Waals surface area contributed by atoms with Crippen LogP contribution < -0.4 is 5.73 Å². The third-order valence-corrected chi connectivity index (χ3v) is 5.19. The second kappa shape index (κ2) is 3.80. The van der Waals surface area contributed by atoms with Gasteiger partial charge in [-0.3, -0.25) is 4.79 Å². The monoisotopic (exact) mass is 236 g/mol. The summed E-state index contributed by atoms with van der Waals surface area (Å²) >= 11 is 0. The van der Waals surface area contributed by atoms with E-state index >= 15 is 0 Å². The molecule has 17 heavy (non-hydrogen) atoms. The zero-order valence-corrected chi connectivity index (χ0v) is 10.2. The highest BCUT2D eigenvalue weighted by Gasteiger charge is 2.52. The van der Waals surface area contributed by atoms with Gasteiger partial charge in [-0.25, -0.2) is 4.99 Å². The third-order valence-electron chi connectivity index (χ3n) is 5.19. The maximum atomic E-state index is 11.9. The molecule has 0 spiro atoms. The van der Waals surface area contributed by atoms with Crippen molar-refractivity contribution < 1.29 is 9.90 Å². The highest BCUT2D eigenvalue weighted by atomic mass is 16.3. The van der Waals surface area contributed by atoms with Crippen LogP contribution in [0.1, 0.15) is 32.6 Å². The van der Waals surface area contributed by atoms with Gasteiger partial charge < -0.3 is 10.8 Å². The third kappa shape index (κ3) is 1.53. The van der Waals surface area contributed by atoms with Gasteiger partial charge in [-0.1, -0.05) is 13.3 Å². The largest absolute Gasteiger partial charge is 0.393 e. The number of amides is 1. The molecule has 0 saturated heterocycles. The first-order valence-corrected chi connectivity index (χ1v) is 6.65. The van der Waals surface area contributed by atoms with E-state index in [0.717, 1.165) is 19.3 Å². The van der Waals surface area contributed by atoms with Crippen molar-refractivity contribution in [3.05, 3.63) is 0 Å². The minimum atomic E-state index is -0.290. The molecule has 0 aromatic heterocycles. The molecule has 1 heterocycles. The molecule has 2 fully saturated rings. The lowest BCUT2D eigenvalue weighted by Gasteiger charge is -2.51. The van der Waals surface area contributed by atoms with Crippen molar-refractivity contribution in [1.82, 2.24) is 0 Å². The molecule has 6 unspecified atom stereocenters. The highest BCUT2D eigenvalue weighted by molar-refractivity contribution is 5.99. The number of nitrogens with two attached hydrogens (primary N) is 1. The van der Waals surface area contributed by atoms with Crippen LogP contribution in [0.15, 0.2) is 4.99 Å². The van der Waals surface area contributed by atoms with Crippen LogP contribution in [-0.2, 0) is 4.79 Å². The minimum Gasteiger partial charge on any atom is -0.393 e. The number of nitrogens with zero attached hydrogens (tertiary/aromatic N) is 1. The summed E-state index contributed by atoms with van der Waals surface area (Å²) in [6, 6.07) is 0. The Morgan fingerprint density at radius 1 is 1.35 bits per heavy atom. The number of aliphatic hydroxyl groups is 1. The molecule has 0 radical (unpaired) electrons. The summed E-state index contributed by atoms with van der Waals surface area (Å²) in [4.78, 5) is 15.9. The lowest BCUT2D eigenvalue weighted by molar-refractivity contribution is -0.132. The van der Waals surface area contributed by atoms with Gasteiger partial charge in [0, 0.05) is 11.8 Å². The van der Waals surface area contributed by atoms with Gasteiger partial charge >= 0.3 is 0 Å². The zero-order chi connectivity index (χ0) is 12.2. The van der Waals surface area contributed by atoms with Crippen molar-refractivity contribution in [3.8, 4) is 0 Å². The van der Waals surface area contributed by atoms with E-state index in [1.807, 2.05) is 0 Å². The smallest absolute Gasteiger partial charge is 0.250 e. The van der Waals surface area contributed by atoms with Gasteiger partial charge in [0.05, 0.1) is 6.10 Å². The summed E-state index contributed by atoms with van der Waals surface area (Å²) in [6.07, 6.45) is 3.55. The molecule has 2 aliphatic carbocycles. The Balaban J connectivity index is 2.01. The second-order valence-electron chi connectivity index (χ2n) is 5.92. The van der Waals surface area contributed by atoms with E-state index in [2.05, 4.69) is 11.9 Å². The summed E-state index contributed by atoms with van der Waals surface area (Å²) in [5.41, 5.74) is 5.91. The molecule has 3 rings (SSSR count). The number of carbonyl (C=O) groups is 1. The maximum Gasteiger partial charge on any atom is 0.250 e. The van der Waals surface area contributed by atoms with Gasteiger partial charge in [0.15, 0.2) is 0 Å². The molecule has 4 heteroatoms. The summed E-state index contributed by atoms with van der Waals surface area (Å²) < 4.78 is 0. The van der Waals surface area contributed by atoms with Gasteiger partial charge in [-0.15, -0.1) is 0 Å². The van der Waals surface area contributed by atoms with Crippen molar-refractivity contribution in [2.75, 3.05) is 0 Å². The van der Waals surface area contributed by atoms with E-state index < -0.39 is 0 Å². The summed E-state index contributed by atoms with van der Waals surface area (Å²) in [6.45, 7) is 2.11. The lowest BCUT2D eigenvalue weighted by atomic mass is 9.55. The van der Waals surface area contributed by atoms with Crippen LogP contribution in [0.2, 0.25) is 0 Å². The number of carbonyl (C=O) groups excluding carboxylic acids is 1. The molecule has 0 bridgehead atoms. The Hall–Kier alpha value is -0.900. The molecule has 6 atom stereocenters. The van der Waals surface area contributed by atoms with Crippen LogP contribution in [0.4, 0.5) is 0 Å². The first kappa shape index (κ1) is 11.2. The van der Waals surface area contributed by atoms with E-state index in [4.69, 9.17) is 5.73 Å². The van der Waals surface area contributed by atoms with Gasteiger partial charge in [-0.05, 0) is 37.0 Å². The molecule has 4 nitrogen and oxygen atoms in total. The van der Waals surface area contributed by atoms with Gasteiger partial charge in [0.1, 0.15) is 5.84 Å². The Morgan fingerprint density at radius 3 is 2.88 bits per heavy atom. The Kier molecular flexibility index (Phi) is 2.51. The molecule has 1 amide bonds. The fourth-order valence-corrected chi connectivity index (χ4v) is 4.27. The molecule has 0 aromatic rings. The van der Waals surface area contributed by atoms with E-state index in [9.17, 15) is 9.90 Å². The zero-order valence-electron chi connectivity index (χ0n) is 10.2. The predicted molar refractivity (Wildman–Crippen MR) is 64.2 cm³/mol. The molecule has 0 aromatic carbocycles. The molecule has 1 aliphatic heterocycles. The van der Waals surface area contributed by atoms with Crippen LogP contribution in [0.3, 0.4) is 0 Å². The quantitative estimate of drug-likeness (QED) is 0.657. The normalized spacial score (nSPS) is 49.5. The number of rotatable bonds is 0. The standard InChI is InChI=1S/C13H20N2O2/c1-6-7-3-2-4-8-11(7)9(5-10(6)16)12(14)15-13(8)17/h6-11,16H,2-5H2,1H3,(H2,14,15,17). The van der Waals surface area contributed by atoms with Crippen molar-refractivity contribution in [2.24, 2.45) is 40.3 Å². The van der Waals surface area contributed by atoms with E-state index in [0.29, 0.717) is 24.1 Å². The molecular weight excluding hydrogens is 216 g/mol. The van der Waals surface area contributed by atoms with Crippen molar-refractivity contribution in [3.63, 3.8) is 0 Å². The first-order chi connectivity index (χ1) is 8.09. The van der Waals surface area contributed by atoms with E-state index in [1.54, 1.807) is 0 Å². The van der Waals surface area contributed by atoms with Crippen LogP contribution in [0.5, 0.6) is 0 Å².